The lowest BCUT2D eigenvalue weighted by Crippen LogP contribution is -2.31. The Kier molecular flexibility index (Phi) is 4.38. The number of fused-ring (bicyclic) bond motifs is 1. The van der Waals surface area contributed by atoms with Crippen molar-refractivity contribution in [2.24, 2.45) is 5.73 Å². The Balaban J connectivity index is 1.96. The SMILES string of the molecule is CS[C@@H]1CN(c2c(F)cc3c(=O)c(C(=O)O)cn(C4CC4)c3c2F)C[C@H]1N. The molecule has 0 spiro atoms. The van der Waals surface area contributed by atoms with Crippen LogP contribution in [0.2, 0.25) is 0 Å². The van der Waals surface area contributed by atoms with E-state index in [4.69, 9.17) is 5.73 Å². The van der Waals surface area contributed by atoms with Crippen molar-refractivity contribution in [1.82, 2.24) is 4.57 Å². The van der Waals surface area contributed by atoms with E-state index in [1.54, 1.807) is 16.7 Å². The lowest BCUT2D eigenvalue weighted by atomic mass is 10.1. The summed E-state index contributed by atoms with van der Waals surface area (Å²) in [4.78, 5) is 25.4. The Morgan fingerprint density at radius 1 is 1.33 bits per heavy atom. The van der Waals surface area contributed by atoms with E-state index in [0.29, 0.717) is 13.1 Å². The van der Waals surface area contributed by atoms with Crippen LogP contribution in [0.3, 0.4) is 0 Å². The number of benzene rings is 1. The first-order chi connectivity index (χ1) is 12.8. The second kappa shape index (κ2) is 6.49. The fourth-order valence-electron chi connectivity index (χ4n) is 3.75. The third-order valence-electron chi connectivity index (χ3n) is 5.28. The van der Waals surface area contributed by atoms with Gasteiger partial charge in [-0.05, 0) is 25.2 Å². The Labute approximate surface area is 157 Å². The number of carboxylic acids is 1. The molecule has 9 heteroatoms. The summed E-state index contributed by atoms with van der Waals surface area (Å²) in [5.41, 5.74) is 4.47. The van der Waals surface area contributed by atoms with Gasteiger partial charge in [-0.25, -0.2) is 13.6 Å². The predicted molar refractivity (Wildman–Crippen MR) is 101 cm³/mol. The van der Waals surface area contributed by atoms with Crippen LogP contribution in [0.25, 0.3) is 10.9 Å². The van der Waals surface area contributed by atoms with E-state index >= 15 is 4.39 Å². The van der Waals surface area contributed by atoms with Crippen LogP contribution in [0, 0.1) is 11.6 Å². The van der Waals surface area contributed by atoms with Crippen LogP contribution in [0.5, 0.6) is 0 Å². The number of aromatic nitrogens is 1. The van der Waals surface area contributed by atoms with Crippen molar-refractivity contribution in [3.8, 4) is 0 Å². The average molecular weight is 395 g/mol. The zero-order chi connectivity index (χ0) is 19.5. The molecule has 0 unspecified atom stereocenters. The number of anilines is 1. The molecule has 144 valence electrons. The monoisotopic (exact) mass is 395 g/mol. The molecule has 0 amide bonds. The topological polar surface area (TPSA) is 88.6 Å². The zero-order valence-electron chi connectivity index (χ0n) is 14.6. The molecule has 6 nitrogen and oxygen atoms in total. The number of hydrogen-bond acceptors (Lipinski definition) is 5. The maximum Gasteiger partial charge on any atom is 0.341 e. The highest BCUT2D eigenvalue weighted by Gasteiger charge is 2.35. The number of halogens is 2. The van der Waals surface area contributed by atoms with Crippen LogP contribution in [0.4, 0.5) is 14.5 Å². The lowest BCUT2D eigenvalue weighted by molar-refractivity contribution is 0.0695. The first-order valence-corrected chi connectivity index (χ1v) is 9.95. The molecule has 27 heavy (non-hydrogen) atoms. The summed E-state index contributed by atoms with van der Waals surface area (Å²) < 4.78 is 31.8. The fourth-order valence-corrected chi connectivity index (χ4v) is 4.51. The molecule has 3 N–H and O–H groups in total. The Morgan fingerprint density at radius 2 is 2.04 bits per heavy atom. The Bertz CT molecular complexity index is 1010. The van der Waals surface area contributed by atoms with E-state index in [0.717, 1.165) is 18.9 Å². The number of thioether (sulfide) groups is 1. The average Bonchev–Trinajstić information content (AvgIpc) is 3.38. The number of nitrogens with two attached hydrogens (primary N) is 1. The fraction of sp³-hybridized carbons (Fsp3) is 0.444. The van der Waals surface area contributed by atoms with Crippen molar-refractivity contribution < 1.29 is 18.7 Å². The predicted octanol–water partition coefficient (Wildman–Crippen LogP) is 2.19. The summed E-state index contributed by atoms with van der Waals surface area (Å²) in [7, 11) is 0. The number of nitrogens with zero attached hydrogens (tertiary/aromatic N) is 2. The number of hydrogen-bond donors (Lipinski definition) is 2. The number of carboxylic acid groups (broad SMARTS) is 1. The van der Waals surface area contributed by atoms with Gasteiger partial charge in [0.1, 0.15) is 17.1 Å². The summed E-state index contributed by atoms with van der Waals surface area (Å²) >= 11 is 1.55. The maximum absolute atomic E-state index is 15.5. The summed E-state index contributed by atoms with van der Waals surface area (Å²) in [5, 5.41) is 9.09. The Hall–Kier alpha value is -2.13. The molecule has 2 aliphatic rings. The van der Waals surface area contributed by atoms with Crippen molar-refractivity contribution in [2.75, 3.05) is 24.2 Å². The van der Waals surface area contributed by atoms with Crippen molar-refractivity contribution >= 4 is 34.3 Å². The summed E-state index contributed by atoms with van der Waals surface area (Å²) in [6.07, 6.45) is 4.59. The van der Waals surface area contributed by atoms with E-state index in [1.807, 2.05) is 6.26 Å². The largest absolute Gasteiger partial charge is 0.477 e. The van der Waals surface area contributed by atoms with Crippen LogP contribution in [0.1, 0.15) is 29.2 Å². The molecule has 1 aliphatic carbocycles. The molecular weight excluding hydrogens is 376 g/mol. The molecule has 1 aliphatic heterocycles. The van der Waals surface area contributed by atoms with E-state index in [2.05, 4.69) is 0 Å². The number of aromatic carboxylic acids is 1. The minimum absolute atomic E-state index is 0.0370. The van der Waals surface area contributed by atoms with Crippen LogP contribution < -0.4 is 16.1 Å². The second-order valence-corrected chi connectivity index (χ2v) is 8.15. The third-order valence-corrected chi connectivity index (χ3v) is 6.39. The molecule has 2 aromatic rings. The standard InChI is InChI=1S/C18H19F2N3O3S/c1-27-13-7-22(6-12(13)21)16-11(19)4-9-15(14(16)20)23(8-2-3-8)5-10(17(9)24)18(25)26/h4-5,8,12-13H,2-3,6-7,21H2,1H3,(H,25,26)/t12-,13-/m1/s1. The van der Waals surface area contributed by atoms with Crippen LogP contribution >= 0.6 is 11.8 Å². The molecule has 1 saturated heterocycles. The first kappa shape index (κ1) is 18.2. The molecule has 1 saturated carbocycles. The zero-order valence-corrected chi connectivity index (χ0v) is 15.4. The summed E-state index contributed by atoms with van der Waals surface area (Å²) in [5.74, 6) is -3.12. The van der Waals surface area contributed by atoms with E-state index in [1.165, 1.54) is 10.8 Å². The van der Waals surface area contributed by atoms with Crippen molar-refractivity contribution in [1.29, 1.82) is 0 Å². The van der Waals surface area contributed by atoms with E-state index < -0.39 is 28.6 Å². The van der Waals surface area contributed by atoms with Gasteiger partial charge in [-0.15, -0.1) is 0 Å². The molecule has 4 rings (SSSR count). The smallest absolute Gasteiger partial charge is 0.341 e. The van der Waals surface area contributed by atoms with Gasteiger partial charge < -0.3 is 20.3 Å². The highest BCUT2D eigenvalue weighted by Crippen LogP contribution is 2.40. The molecule has 2 fully saturated rings. The van der Waals surface area contributed by atoms with Crippen molar-refractivity contribution in [3.63, 3.8) is 0 Å². The van der Waals surface area contributed by atoms with Crippen molar-refractivity contribution in [3.05, 3.63) is 39.7 Å². The Morgan fingerprint density at radius 3 is 2.59 bits per heavy atom. The van der Waals surface area contributed by atoms with Gasteiger partial charge in [-0.3, -0.25) is 4.79 Å². The van der Waals surface area contributed by atoms with Gasteiger partial charge in [-0.2, -0.15) is 11.8 Å². The third kappa shape index (κ3) is 2.89. The molecule has 1 aromatic carbocycles. The lowest BCUT2D eigenvalue weighted by Gasteiger charge is -2.22. The minimum atomic E-state index is -1.41. The van der Waals surface area contributed by atoms with Gasteiger partial charge in [0.2, 0.25) is 5.43 Å². The molecular formula is C18H19F2N3O3S. The van der Waals surface area contributed by atoms with Gasteiger partial charge in [0, 0.05) is 36.6 Å². The minimum Gasteiger partial charge on any atom is -0.477 e. The molecule has 0 bridgehead atoms. The van der Waals surface area contributed by atoms with Crippen LogP contribution in [-0.2, 0) is 0 Å². The van der Waals surface area contributed by atoms with Gasteiger partial charge in [0.25, 0.3) is 0 Å². The second-order valence-electron chi connectivity index (χ2n) is 7.08. The maximum atomic E-state index is 15.5. The summed E-state index contributed by atoms with van der Waals surface area (Å²) in [6, 6.07) is 0.660. The summed E-state index contributed by atoms with van der Waals surface area (Å²) in [6.45, 7) is 0.717. The van der Waals surface area contributed by atoms with Gasteiger partial charge in [-0.1, -0.05) is 0 Å². The van der Waals surface area contributed by atoms with E-state index in [-0.39, 0.29) is 33.9 Å². The van der Waals surface area contributed by atoms with Gasteiger partial charge in [0.05, 0.1) is 10.9 Å². The van der Waals surface area contributed by atoms with E-state index in [9.17, 15) is 19.1 Å². The highest BCUT2D eigenvalue weighted by molar-refractivity contribution is 7.99. The number of carbonyl (C=O) groups is 1. The quantitative estimate of drug-likeness (QED) is 0.825. The van der Waals surface area contributed by atoms with Crippen LogP contribution in [0.15, 0.2) is 17.1 Å². The first-order valence-electron chi connectivity index (χ1n) is 8.67. The highest BCUT2D eigenvalue weighted by atomic mass is 32.2. The van der Waals surface area contributed by atoms with Crippen LogP contribution in [-0.4, -0.2) is 46.3 Å². The van der Waals surface area contributed by atoms with Gasteiger partial charge >= 0.3 is 5.97 Å². The number of pyridine rings is 1. The molecule has 0 radical (unpaired) electrons. The van der Waals surface area contributed by atoms with Crippen molar-refractivity contribution in [2.45, 2.75) is 30.2 Å². The number of rotatable bonds is 4. The molecule has 1 aromatic heterocycles. The molecule has 2 atom stereocenters. The molecule has 2 heterocycles. The van der Waals surface area contributed by atoms with Gasteiger partial charge in [0.15, 0.2) is 5.82 Å². The normalized spacial score (nSPS) is 22.6.